The van der Waals surface area contributed by atoms with Crippen molar-refractivity contribution in [2.45, 2.75) is 111 Å². The number of nitrogens with two attached hydrogens (primary N) is 1. The second kappa shape index (κ2) is 15.5. The van der Waals surface area contributed by atoms with Crippen molar-refractivity contribution in [3.05, 3.63) is 23.8 Å². The standard InChI is InChI=1S/C23H36O7.C5H13N/c1-4-13(2)23(29)30-20-11-17(25)9-15-6-5-14(3)19(22(15)20)8-7-16(24)10-18(26)12-21(27)28;1-4(2)5(3)6/h5-6,9,13-14,16-20,22,24-26H,4,7-8,10-12H2,1-3H3,(H,27,28);4-5H,6H2,1-3H3/t13-,14-,16+,17+,18+,19-,20-,22-;/m0./s1. The molecule has 0 bridgehead atoms. The van der Waals surface area contributed by atoms with Crippen molar-refractivity contribution in [3.8, 4) is 0 Å². The Labute approximate surface area is 216 Å². The molecule has 2 aliphatic rings. The molecule has 0 aromatic rings. The number of carbonyl (C=O) groups is 2. The van der Waals surface area contributed by atoms with E-state index >= 15 is 0 Å². The molecule has 36 heavy (non-hydrogen) atoms. The van der Waals surface area contributed by atoms with Crippen molar-refractivity contribution >= 4 is 11.9 Å². The first-order chi connectivity index (χ1) is 16.8. The van der Waals surface area contributed by atoms with Crippen molar-refractivity contribution in [1.82, 2.24) is 0 Å². The fourth-order valence-corrected chi connectivity index (χ4v) is 4.52. The third-order valence-corrected chi connectivity index (χ3v) is 7.49. The molecule has 9 atom stereocenters. The molecule has 2 rings (SSSR count). The Morgan fingerprint density at radius 3 is 2.31 bits per heavy atom. The summed E-state index contributed by atoms with van der Waals surface area (Å²) in [4.78, 5) is 23.1. The van der Waals surface area contributed by atoms with Crippen LogP contribution in [0.4, 0.5) is 0 Å². The zero-order chi connectivity index (χ0) is 27.6. The number of ether oxygens (including phenoxy) is 1. The van der Waals surface area contributed by atoms with Gasteiger partial charge in [-0.3, -0.25) is 9.59 Å². The van der Waals surface area contributed by atoms with Crippen LogP contribution in [0.5, 0.6) is 0 Å². The van der Waals surface area contributed by atoms with Crippen LogP contribution in [-0.4, -0.2) is 62.8 Å². The summed E-state index contributed by atoms with van der Waals surface area (Å²) in [7, 11) is 0. The summed E-state index contributed by atoms with van der Waals surface area (Å²) in [6.07, 6.45) is 4.64. The van der Waals surface area contributed by atoms with Crippen molar-refractivity contribution in [1.29, 1.82) is 0 Å². The summed E-state index contributed by atoms with van der Waals surface area (Å²) >= 11 is 0. The second-order valence-electron chi connectivity index (χ2n) is 11.0. The maximum absolute atomic E-state index is 12.4. The Morgan fingerprint density at radius 1 is 1.17 bits per heavy atom. The van der Waals surface area contributed by atoms with E-state index in [1.807, 2.05) is 32.9 Å². The molecule has 8 nitrogen and oxygen atoms in total. The average Bonchev–Trinajstić information content (AvgIpc) is 2.77. The number of esters is 1. The number of aliphatic hydroxyl groups is 3. The van der Waals surface area contributed by atoms with Gasteiger partial charge in [-0.05, 0) is 55.9 Å². The molecule has 0 spiro atoms. The van der Waals surface area contributed by atoms with Gasteiger partial charge in [-0.15, -0.1) is 0 Å². The van der Waals surface area contributed by atoms with E-state index in [1.165, 1.54) is 0 Å². The molecule has 6 N–H and O–H groups in total. The normalized spacial score (nSPS) is 28.6. The maximum Gasteiger partial charge on any atom is 0.308 e. The van der Waals surface area contributed by atoms with Gasteiger partial charge in [0.05, 0.1) is 30.7 Å². The average molecular weight is 512 g/mol. The highest BCUT2D eigenvalue weighted by Crippen LogP contribution is 2.44. The lowest BCUT2D eigenvalue weighted by Gasteiger charge is -2.43. The molecule has 0 aromatic carbocycles. The van der Waals surface area contributed by atoms with Crippen LogP contribution < -0.4 is 5.73 Å². The Bertz CT molecular complexity index is 742. The monoisotopic (exact) mass is 511 g/mol. The number of aliphatic carboxylic acids is 1. The van der Waals surface area contributed by atoms with E-state index in [-0.39, 0.29) is 42.5 Å². The molecule has 0 heterocycles. The lowest BCUT2D eigenvalue weighted by atomic mass is 9.66. The highest BCUT2D eigenvalue weighted by atomic mass is 16.5. The predicted octanol–water partition coefficient (Wildman–Crippen LogP) is 3.43. The van der Waals surface area contributed by atoms with E-state index in [4.69, 9.17) is 15.6 Å². The Morgan fingerprint density at radius 2 is 1.78 bits per heavy atom. The lowest BCUT2D eigenvalue weighted by molar-refractivity contribution is -0.159. The molecule has 0 saturated heterocycles. The van der Waals surface area contributed by atoms with Gasteiger partial charge in [0.1, 0.15) is 6.10 Å². The van der Waals surface area contributed by atoms with Crippen LogP contribution in [0.3, 0.4) is 0 Å². The molecular weight excluding hydrogens is 462 g/mol. The van der Waals surface area contributed by atoms with E-state index < -0.39 is 30.4 Å². The summed E-state index contributed by atoms with van der Waals surface area (Å²) in [5.41, 5.74) is 6.39. The fourth-order valence-electron chi connectivity index (χ4n) is 4.52. The van der Waals surface area contributed by atoms with Crippen molar-refractivity contribution in [2.75, 3.05) is 0 Å². The largest absolute Gasteiger partial charge is 0.481 e. The lowest BCUT2D eigenvalue weighted by Crippen LogP contribution is -2.43. The summed E-state index contributed by atoms with van der Waals surface area (Å²) in [6.45, 7) is 12.1. The zero-order valence-corrected chi connectivity index (χ0v) is 22.8. The number of carboxylic acids is 1. The van der Waals surface area contributed by atoms with Crippen LogP contribution in [0.1, 0.15) is 80.1 Å². The number of hydrogen-bond donors (Lipinski definition) is 5. The van der Waals surface area contributed by atoms with Crippen LogP contribution in [0.2, 0.25) is 0 Å². The third-order valence-electron chi connectivity index (χ3n) is 7.49. The van der Waals surface area contributed by atoms with Gasteiger partial charge in [0.15, 0.2) is 0 Å². The Balaban J connectivity index is 0.000000960. The Hall–Kier alpha value is -1.74. The van der Waals surface area contributed by atoms with Gasteiger partial charge >= 0.3 is 11.9 Å². The molecule has 208 valence electrons. The molecule has 0 fully saturated rings. The van der Waals surface area contributed by atoms with E-state index in [2.05, 4.69) is 26.8 Å². The maximum atomic E-state index is 12.4. The van der Waals surface area contributed by atoms with Crippen molar-refractivity contribution in [3.63, 3.8) is 0 Å². The summed E-state index contributed by atoms with van der Waals surface area (Å²) in [6, 6.07) is 0.352. The molecule has 1 unspecified atom stereocenters. The molecule has 0 saturated carbocycles. The number of rotatable bonds is 11. The third kappa shape index (κ3) is 10.7. The summed E-state index contributed by atoms with van der Waals surface area (Å²) in [5.74, 6) is -0.680. The van der Waals surface area contributed by atoms with Crippen LogP contribution in [-0.2, 0) is 14.3 Å². The molecule has 0 amide bonds. The number of hydrogen-bond acceptors (Lipinski definition) is 7. The molecule has 0 aromatic heterocycles. The number of aliphatic hydroxyl groups excluding tert-OH is 3. The zero-order valence-electron chi connectivity index (χ0n) is 22.8. The van der Waals surface area contributed by atoms with Gasteiger partial charge in [0.2, 0.25) is 0 Å². The topological polar surface area (TPSA) is 150 Å². The van der Waals surface area contributed by atoms with Gasteiger partial charge < -0.3 is 30.9 Å². The van der Waals surface area contributed by atoms with E-state index in [0.717, 1.165) is 5.57 Å². The highest BCUT2D eigenvalue weighted by Gasteiger charge is 2.42. The first-order valence-electron chi connectivity index (χ1n) is 13.4. The predicted molar refractivity (Wildman–Crippen MR) is 140 cm³/mol. The van der Waals surface area contributed by atoms with E-state index in [0.29, 0.717) is 37.6 Å². The molecule has 2 aliphatic carbocycles. The van der Waals surface area contributed by atoms with Crippen LogP contribution in [0, 0.1) is 29.6 Å². The minimum absolute atomic E-state index is 0.0156. The SMILES string of the molecule is CC(C)C(C)N.CC[C@H](C)C(=O)O[C@H]1C[C@H](O)C=C2C=C[C@H](C)[C@H](CC[C@@H](O)C[C@@H](O)CC(=O)O)[C@H]21. The van der Waals surface area contributed by atoms with E-state index in [1.54, 1.807) is 0 Å². The number of carbonyl (C=O) groups excluding carboxylic acids is 1. The summed E-state index contributed by atoms with van der Waals surface area (Å²) < 4.78 is 5.84. The minimum Gasteiger partial charge on any atom is -0.481 e. The van der Waals surface area contributed by atoms with E-state index in [9.17, 15) is 24.9 Å². The van der Waals surface area contributed by atoms with Crippen LogP contribution in [0.15, 0.2) is 23.8 Å². The summed E-state index contributed by atoms with van der Waals surface area (Å²) in [5, 5.41) is 39.1. The van der Waals surface area contributed by atoms with Crippen molar-refractivity contribution < 1.29 is 34.8 Å². The van der Waals surface area contributed by atoms with Gasteiger partial charge in [-0.25, -0.2) is 0 Å². The number of allylic oxidation sites excluding steroid dienone is 2. The first kappa shape index (κ1) is 32.3. The smallest absolute Gasteiger partial charge is 0.308 e. The quantitative estimate of drug-likeness (QED) is 0.265. The Kier molecular flexibility index (Phi) is 13.9. The molecule has 8 heteroatoms. The van der Waals surface area contributed by atoms with Gasteiger partial charge in [-0.1, -0.05) is 52.8 Å². The van der Waals surface area contributed by atoms with Crippen LogP contribution >= 0.6 is 0 Å². The fraction of sp³-hybridized carbons (Fsp3) is 0.786. The molecule has 0 aliphatic heterocycles. The highest BCUT2D eigenvalue weighted by molar-refractivity contribution is 5.72. The number of carboxylic acid groups (broad SMARTS) is 1. The van der Waals surface area contributed by atoms with Crippen molar-refractivity contribution in [2.24, 2.45) is 35.3 Å². The van der Waals surface area contributed by atoms with Gasteiger partial charge in [0, 0.05) is 18.4 Å². The minimum atomic E-state index is -1.10. The van der Waals surface area contributed by atoms with Crippen LogP contribution in [0.25, 0.3) is 0 Å². The molecular formula is C28H49NO7. The second-order valence-corrected chi connectivity index (χ2v) is 11.0. The van der Waals surface area contributed by atoms with Gasteiger partial charge in [0.25, 0.3) is 0 Å². The molecule has 0 radical (unpaired) electrons. The number of fused-ring (bicyclic) bond motifs is 1. The van der Waals surface area contributed by atoms with Gasteiger partial charge in [-0.2, -0.15) is 0 Å². The first-order valence-corrected chi connectivity index (χ1v) is 13.4.